The van der Waals surface area contributed by atoms with Gasteiger partial charge in [-0.2, -0.15) is 105 Å². The molecule has 4 atom stereocenters. The Hall–Kier alpha value is -1.86. The summed E-state index contributed by atoms with van der Waals surface area (Å²) in [4.78, 5) is 0. The molecule has 0 spiro atoms. The number of hydrogen-bond acceptors (Lipinski definition) is 1. The van der Waals surface area contributed by atoms with Crippen molar-refractivity contribution < 1.29 is 119 Å². The van der Waals surface area contributed by atoms with Crippen LogP contribution in [-0.2, 0) is 4.74 Å². The Kier molecular flexibility index (Phi) is 9.92. The normalized spacial score (nSPS) is 19.2. The Morgan fingerprint density at radius 3 is 0.683 bits per heavy atom. The molecule has 41 heavy (non-hydrogen) atoms. The lowest BCUT2D eigenvalue weighted by Crippen LogP contribution is -2.71. The fourth-order valence-corrected chi connectivity index (χ4v) is 2.38. The first kappa shape index (κ1) is 39.1. The van der Waals surface area contributed by atoms with Gasteiger partial charge in [0.1, 0.15) is 0 Å². The fraction of sp³-hybridized carbons (Fsp3) is 1.00. The predicted molar refractivity (Wildman–Crippen MR) is 72.4 cm³/mol. The molecule has 0 radical (unpaired) electrons. The largest absolute Gasteiger partial charge is 0.459 e. The number of alkyl halides is 26. The van der Waals surface area contributed by atoms with Gasteiger partial charge in [-0.05, 0) is 0 Å². The zero-order valence-corrected chi connectivity index (χ0v) is 17.5. The van der Waals surface area contributed by atoms with Crippen LogP contribution >= 0.6 is 0 Å². The monoisotopic (exact) mass is 682 g/mol. The molecule has 248 valence electrons. The number of hydrogen-bond donors (Lipinski definition) is 0. The average Bonchev–Trinajstić information content (AvgIpc) is 2.68. The van der Waals surface area contributed by atoms with Crippen molar-refractivity contribution in [2.45, 2.75) is 84.8 Å². The lowest BCUT2D eigenvalue weighted by atomic mass is 9.92. The van der Waals surface area contributed by atoms with Crippen molar-refractivity contribution in [3.05, 3.63) is 0 Å². The molecular formula is C14H4F26O. The summed E-state index contributed by atoms with van der Waals surface area (Å²) in [6.07, 6.45) is -59.8. The lowest BCUT2D eigenvalue weighted by Gasteiger charge is -2.44. The van der Waals surface area contributed by atoms with Gasteiger partial charge in [0, 0.05) is 0 Å². The molecule has 0 heterocycles. The van der Waals surface area contributed by atoms with Gasteiger partial charge in [0.05, 0.1) is 0 Å². The van der Waals surface area contributed by atoms with Gasteiger partial charge in [-0.3, -0.25) is 0 Å². The van der Waals surface area contributed by atoms with Crippen LogP contribution in [0, 0.1) is 0 Å². The summed E-state index contributed by atoms with van der Waals surface area (Å²) in [7, 11) is 0. The van der Waals surface area contributed by atoms with Crippen molar-refractivity contribution in [2.75, 3.05) is 0 Å². The molecule has 0 amide bonds. The standard InChI is InChI=1S/C14H4F26O/c15-1(9(25,26)27)5(17,18)3(7(21,22)11(31,32)13(35,36)37)41-4(6(19,20)2(16)10(28,29)30)8(23,24)12(33,34)14(38,39)40/h1-4H. The van der Waals surface area contributed by atoms with Crippen molar-refractivity contribution in [2.24, 2.45) is 0 Å². The second kappa shape index (κ2) is 10.4. The molecule has 0 aliphatic carbocycles. The maximum atomic E-state index is 13.9. The third-order valence-corrected chi connectivity index (χ3v) is 4.43. The van der Waals surface area contributed by atoms with Crippen LogP contribution in [0.15, 0.2) is 0 Å². The molecule has 27 heteroatoms. The van der Waals surface area contributed by atoms with Crippen LogP contribution in [0.3, 0.4) is 0 Å². The van der Waals surface area contributed by atoms with E-state index in [1.807, 2.05) is 0 Å². The third kappa shape index (κ3) is 6.71. The molecule has 0 aliphatic rings. The number of ether oxygens (including phenoxy) is 1. The number of halogens is 26. The molecule has 0 bridgehead atoms. The zero-order valence-electron chi connectivity index (χ0n) is 17.5. The van der Waals surface area contributed by atoms with Gasteiger partial charge in [0.15, 0.2) is 12.2 Å². The van der Waals surface area contributed by atoms with E-state index >= 15 is 0 Å². The Morgan fingerprint density at radius 1 is 0.341 bits per heavy atom. The zero-order chi connectivity index (χ0) is 34.0. The van der Waals surface area contributed by atoms with Crippen molar-refractivity contribution in [1.82, 2.24) is 0 Å². The number of rotatable bonds is 10. The summed E-state index contributed by atoms with van der Waals surface area (Å²) in [6, 6.07) is 0. The summed E-state index contributed by atoms with van der Waals surface area (Å²) >= 11 is 0. The van der Waals surface area contributed by atoms with Crippen molar-refractivity contribution >= 4 is 0 Å². The second-order valence-corrected chi connectivity index (χ2v) is 7.44. The van der Waals surface area contributed by atoms with E-state index in [0.717, 1.165) is 0 Å². The Bertz CT molecular complexity index is 814. The summed E-state index contributed by atoms with van der Waals surface area (Å²) in [6.45, 7) is 0. The molecule has 0 aromatic carbocycles. The molecule has 1 nitrogen and oxygen atoms in total. The smallest absolute Gasteiger partial charge is 0.349 e. The molecular weight excluding hydrogens is 678 g/mol. The second-order valence-electron chi connectivity index (χ2n) is 7.44. The van der Waals surface area contributed by atoms with Crippen LogP contribution in [0.25, 0.3) is 0 Å². The van der Waals surface area contributed by atoms with Gasteiger partial charge in [-0.25, -0.2) is 8.78 Å². The van der Waals surface area contributed by atoms with Crippen LogP contribution in [0.1, 0.15) is 0 Å². The Labute approximate surface area is 205 Å². The van der Waals surface area contributed by atoms with Gasteiger partial charge in [-0.15, -0.1) is 0 Å². The lowest BCUT2D eigenvalue weighted by molar-refractivity contribution is -0.435. The predicted octanol–water partition coefficient (Wildman–Crippen LogP) is 8.48. The van der Waals surface area contributed by atoms with Gasteiger partial charge in [-0.1, -0.05) is 0 Å². The summed E-state index contributed by atoms with van der Waals surface area (Å²) < 4.78 is 340. The minimum absolute atomic E-state index is 1.67. The highest BCUT2D eigenvalue weighted by atomic mass is 19.4. The Morgan fingerprint density at radius 2 is 0.537 bits per heavy atom. The molecule has 0 fully saturated rings. The Balaban J connectivity index is 7.94. The minimum Gasteiger partial charge on any atom is -0.349 e. The van der Waals surface area contributed by atoms with E-state index in [1.165, 1.54) is 0 Å². The minimum atomic E-state index is -8.65. The molecule has 0 saturated heterocycles. The molecule has 0 aromatic rings. The molecule has 0 aliphatic heterocycles. The topological polar surface area (TPSA) is 9.23 Å². The van der Waals surface area contributed by atoms with Crippen molar-refractivity contribution in [3.8, 4) is 0 Å². The van der Waals surface area contributed by atoms with E-state index in [-0.39, 0.29) is 0 Å². The molecule has 0 rings (SSSR count). The molecule has 0 aromatic heterocycles. The summed E-state index contributed by atoms with van der Waals surface area (Å²) in [5.74, 6) is -50.7. The van der Waals surface area contributed by atoms with Crippen LogP contribution < -0.4 is 0 Å². The van der Waals surface area contributed by atoms with Crippen LogP contribution in [-0.4, -0.2) is 84.8 Å². The van der Waals surface area contributed by atoms with Gasteiger partial charge in [0.2, 0.25) is 0 Å². The van der Waals surface area contributed by atoms with Crippen LogP contribution in [0.5, 0.6) is 0 Å². The molecule has 0 saturated carbocycles. The third-order valence-electron chi connectivity index (χ3n) is 4.43. The van der Waals surface area contributed by atoms with Crippen molar-refractivity contribution in [3.63, 3.8) is 0 Å². The van der Waals surface area contributed by atoms with E-state index in [1.54, 1.807) is 4.74 Å². The van der Waals surface area contributed by atoms with E-state index < -0.39 is 84.8 Å². The van der Waals surface area contributed by atoms with Gasteiger partial charge >= 0.3 is 60.2 Å². The first-order valence-electron chi connectivity index (χ1n) is 8.75. The van der Waals surface area contributed by atoms with Crippen LogP contribution in [0.4, 0.5) is 114 Å². The summed E-state index contributed by atoms with van der Waals surface area (Å²) in [5.41, 5.74) is 0. The van der Waals surface area contributed by atoms with E-state index in [9.17, 15) is 114 Å². The van der Waals surface area contributed by atoms with E-state index in [2.05, 4.69) is 0 Å². The average molecular weight is 682 g/mol. The summed E-state index contributed by atoms with van der Waals surface area (Å²) in [5, 5.41) is 0. The van der Waals surface area contributed by atoms with E-state index in [0.29, 0.717) is 0 Å². The fourth-order valence-electron chi connectivity index (χ4n) is 2.38. The highest BCUT2D eigenvalue weighted by molar-refractivity contribution is 5.10. The SMILES string of the molecule is FC(C(F)(F)F)C(F)(F)C(OC(C(F)(F)C(F)C(F)(F)F)C(F)(F)C(F)(F)C(F)(F)F)C(F)(F)C(F)(F)C(F)(F)F. The van der Waals surface area contributed by atoms with Crippen LogP contribution in [0.2, 0.25) is 0 Å². The molecule has 4 unspecified atom stereocenters. The maximum absolute atomic E-state index is 13.9. The van der Waals surface area contributed by atoms with Gasteiger partial charge < -0.3 is 4.74 Å². The van der Waals surface area contributed by atoms with E-state index in [4.69, 9.17) is 0 Å². The molecule has 0 N–H and O–H groups in total. The highest BCUT2D eigenvalue weighted by Gasteiger charge is 2.86. The highest BCUT2D eigenvalue weighted by Crippen LogP contribution is 2.58. The maximum Gasteiger partial charge on any atom is 0.459 e. The first-order chi connectivity index (χ1) is 17.3. The quantitative estimate of drug-likeness (QED) is 0.210. The van der Waals surface area contributed by atoms with Gasteiger partial charge in [0.25, 0.3) is 12.3 Å². The first-order valence-corrected chi connectivity index (χ1v) is 8.75. The van der Waals surface area contributed by atoms with Crippen molar-refractivity contribution in [1.29, 1.82) is 0 Å².